The van der Waals surface area contributed by atoms with Gasteiger partial charge in [-0.15, -0.1) is 0 Å². The van der Waals surface area contributed by atoms with Gasteiger partial charge in [0.2, 0.25) is 11.9 Å². The lowest BCUT2D eigenvalue weighted by atomic mass is 9.86. The van der Waals surface area contributed by atoms with E-state index < -0.39 is 0 Å². The number of pyridine rings is 1. The van der Waals surface area contributed by atoms with Crippen molar-refractivity contribution in [1.82, 2.24) is 14.5 Å². The van der Waals surface area contributed by atoms with Crippen molar-refractivity contribution >= 4 is 38.8 Å². The number of amides is 1. The van der Waals surface area contributed by atoms with Gasteiger partial charge in [-0.3, -0.25) is 14.2 Å². The number of carbonyl (C=O) groups is 1. The van der Waals surface area contributed by atoms with Crippen LogP contribution in [-0.2, 0) is 11.8 Å². The van der Waals surface area contributed by atoms with Crippen LogP contribution < -0.4 is 16.6 Å². The highest BCUT2D eigenvalue weighted by atomic mass is 79.9. The largest absolute Gasteiger partial charge is 0.369 e. The summed E-state index contributed by atoms with van der Waals surface area (Å²) in [6.45, 7) is 0. The summed E-state index contributed by atoms with van der Waals surface area (Å²) >= 11 is 3.24. The van der Waals surface area contributed by atoms with Gasteiger partial charge in [-0.05, 0) is 47.7 Å². The number of fused-ring (bicyclic) bond motifs is 1. The number of nitrogens with one attached hydrogen (secondary N) is 1. The van der Waals surface area contributed by atoms with E-state index in [1.165, 1.54) is 4.57 Å². The molecule has 2 aromatic rings. The molecule has 1 fully saturated rings. The first-order valence-corrected chi connectivity index (χ1v) is 8.33. The van der Waals surface area contributed by atoms with E-state index >= 15 is 0 Å². The molecular weight excluding hydrogens is 362 g/mol. The van der Waals surface area contributed by atoms with Gasteiger partial charge < -0.3 is 11.1 Å². The number of nitrogens with zero attached hydrogens (tertiary/aromatic N) is 3. The van der Waals surface area contributed by atoms with Gasteiger partial charge in [0.15, 0.2) is 0 Å². The number of halogens is 1. The third kappa shape index (κ3) is 3.21. The summed E-state index contributed by atoms with van der Waals surface area (Å²) < 4.78 is 1.98. The Morgan fingerprint density at radius 1 is 1.39 bits per heavy atom. The van der Waals surface area contributed by atoms with Crippen LogP contribution in [0.2, 0.25) is 0 Å². The summed E-state index contributed by atoms with van der Waals surface area (Å²) in [5.41, 5.74) is 5.80. The van der Waals surface area contributed by atoms with Crippen LogP contribution in [0.1, 0.15) is 25.7 Å². The highest BCUT2D eigenvalue weighted by Crippen LogP contribution is 2.26. The summed E-state index contributed by atoms with van der Waals surface area (Å²) in [6, 6.07) is 1.94. The zero-order chi connectivity index (χ0) is 16.6. The summed E-state index contributed by atoms with van der Waals surface area (Å²) in [7, 11) is 1.68. The van der Waals surface area contributed by atoms with Crippen LogP contribution in [0.25, 0.3) is 11.0 Å². The molecule has 0 radical (unpaired) electrons. The first kappa shape index (κ1) is 15.9. The van der Waals surface area contributed by atoms with Gasteiger partial charge in [0.1, 0.15) is 5.65 Å². The number of rotatable bonds is 3. The molecule has 3 N–H and O–H groups in total. The molecule has 1 aliphatic carbocycles. The standard InChI is InChI=1S/C15H18BrN5O2/c1-21-13-9(6-11(16)14(21)23)7-18-15(20-13)19-10-4-2-8(3-5-10)12(17)22/h6-8,10H,2-5H2,1H3,(H2,17,22)(H,18,19,20). The van der Waals surface area contributed by atoms with Gasteiger partial charge in [-0.2, -0.15) is 4.98 Å². The molecule has 1 amide bonds. The lowest BCUT2D eigenvalue weighted by Gasteiger charge is -2.27. The fraction of sp³-hybridized carbons (Fsp3) is 0.467. The van der Waals surface area contributed by atoms with Gasteiger partial charge in [-0.1, -0.05) is 0 Å². The van der Waals surface area contributed by atoms with Crippen LogP contribution in [0.4, 0.5) is 5.95 Å². The van der Waals surface area contributed by atoms with Crippen LogP contribution >= 0.6 is 15.9 Å². The van der Waals surface area contributed by atoms with Crippen LogP contribution in [0, 0.1) is 5.92 Å². The lowest BCUT2D eigenvalue weighted by Crippen LogP contribution is -2.32. The molecule has 3 rings (SSSR count). The normalized spacial score (nSPS) is 21.3. The number of nitrogens with two attached hydrogens (primary N) is 1. The molecule has 0 spiro atoms. The predicted octanol–water partition coefficient (Wildman–Crippen LogP) is 1.55. The molecule has 2 heterocycles. The topological polar surface area (TPSA) is 103 Å². The van der Waals surface area contributed by atoms with Gasteiger partial charge in [-0.25, -0.2) is 4.98 Å². The second kappa shape index (κ2) is 6.27. The zero-order valence-corrected chi connectivity index (χ0v) is 14.3. The van der Waals surface area contributed by atoms with Gasteiger partial charge in [0.05, 0.1) is 4.47 Å². The average Bonchev–Trinajstić information content (AvgIpc) is 2.54. The summed E-state index contributed by atoms with van der Waals surface area (Å²) in [4.78, 5) is 31.9. The predicted molar refractivity (Wildman–Crippen MR) is 91.0 cm³/mol. The maximum Gasteiger partial charge on any atom is 0.266 e. The van der Waals surface area contributed by atoms with E-state index in [1.807, 2.05) is 0 Å². The molecule has 8 heteroatoms. The highest BCUT2D eigenvalue weighted by Gasteiger charge is 2.25. The van der Waals surface area contributed by atoms with Crippen molar-refractivity contribution in [2.45, 2.75) is 31.7 Å². The minimum Gasteiger partial charge on any atom is -0.369 e. The Morgan fingerprint density at radius 2 is 2.09 bits per heavy atom. The van der Waals surface area contributed by atoms with E-state index in [9.17, 15) is 9.59 Å². The number of aromatic nitrogens is 3. The molecule has 0 aromatic carbocycles. The Hall–Kier alpha value is -1.96. The molecule has 7 nitrogen and oxygen atoms in total. The number of carbonyl (C=O) groups excluding carboxylic acids is 1. The summed E-state index contributed by atoms with van der Waals surface area (Å²) in [5.74, 6) is 0.257. The number of primary amides is 1. The van der Waals surface area contributed by atoms with Gasteiger partial charge in [0, 0.05) is 30.6 Å². The fourth-order valence-corrected chi connectivity index (χ4v) is 3.49. The van der Waals surface area contributed by atoms with Gasteiger partial charge >= 0.3 is 0 Å². The maximum atomic E-state index is 12.0. The second-order valence-corrected chi connectivity index (χ2v) is 6.78. The number of hydrogen-bond donors (Lipinski definition) is 2. The van der Waals surface area contributed by atoms with E-state index in [1.54, 1.807) is 19.3 Å². The molecule has 0 unspecified atom stereocenters. The number of aryl methyl sites for hydroxylation is 1. The smallest absolute Gasteiger partial charge is 0.266 e. The molecular formula is C15H18BrN5O2. The first-order chi connectivity index (χ1) is 11.0. The third-order valence-electron chi connectivity index (χ3n) is 4.37. The van der Waals surface area contributed by atoms with Crippen molar-refractivity contribution in [3.05, 3.63) is 27.1 Å². The zero-order valence-electron chi connectivity index (χ0n) is 12.8. The van der Waals surface area contributed by atoms with E-state index in [2.05, 4.69) is 31.2 Å². The molecule has 0 bridgehead atoms. The molecule has 1 aliphatic rings. The van der Waals surface area contributed by atoms with E-state index in [4.69, 9.17) is 5.73 Å². The van der Waals surface area contributed by atoms with E-state index in [0.29, 0.717) is 16.1 Å². The van der Waals surface area contributed by atoms with Crippen molar-refractivity contribution in [1.29, 1.82) is 0 Å². The average molecular weight is 380 g/mol. The Labute approximate surface area is 141 Å². The highest BCUT2D eigenvalue weighted by molar-refractivity contribution is 9.10. The maximum absolute atomic E-state index is 12.0. The Kier molecular flexibility index (Phi) is 4.34. The summed E-state index contributed by atoms with van der Waals surface area (Å²) in [5, 5.41) is 4.09. The van der Waals surface area contributed by atoms with Crippen LogP contribution in [0.5, 0.6) is 0 Å². The molecule has 1 saturated carbocycles. The van der Waals surface area contributed by atoms with E-state index in [0.717, 1.165) is 31.1 Å². The molecule has 0 saturated heterocycles. The summed E-state index contributed by atoms with van der Waals surface area (Å²) in [6.07, 6.45) is 4.98. The second-order valence-electron chi connectivity index (χ2n) is 5.92. The molecule has 0 aliphatic heterocycles. The van der Waals surface area contributed by atoms with Crippen LogP contribution in [-0.4, -0.2) is 26.5 Å². The fourth-order valence-electron chi connectivity index (χ4n) is 2.98. The Bertz CT molecular complexity index is 811. The monoisotopic (exact) mass is 379 g/mol. The van der Waals surface area contributed by atoms with Crippen molar-refractivity contribution in [2.24, 2.45) is 18.7 Å². The minimum atomic E-state index is -0.217. The molecule has 23 heavy (non-hydrogen) atoms. The van der Waals surface area contributed by atoms with Crippen LogP contribution in [0.3, 0.4) is 0 Å². The minimum absolute atomic E-state index is 0.0243. The third-order valence-corrected chi connectivity index (χ3v) is 4.94. The van der Waals surface area contributed by atoms with Crippen molar-refractivity contribution in [2.75, 3.05) is 5.32 Å². The number of hydrogen-bond acceptors (Lipinski definition) is 5. The van der Waals surface area contributed by atoms with Crippen LogP contribution in [0.15, 0.2) is 21.5 Å². The van der Waals surface area contributed by atoms with Gasteiger partial charge in [0.25, 0.3) is 5.56 Å². The Balaban J connectivity index is 1.79. The Morgan fingerprint density at radius 3 is 2.74 bits per heavy atom. The molecule has 0 atom stereocenters. The SMILES string of the molecule is Cn1c(=O)c(Br)cc2cnc(NC3CCC(C(N)=O)CC3)nc21. The van der Waals surface area contributed by atoms with Crippen molar-refractivity contribution in [3.8, 4) is 0 Å². The quantitative estimate of drug-likeness (QED) is 0.841. The first-order valence-electron chi connectivity index (χ1n) is 7.54. The molecule has 122 valence electrons. The van der Waals surface area contributed by atoms with Crippen molar-refractivity contribution < 1.29 is 4.79 Å². The molecule has 2 aromatic heterocycles. The van der Waals surface area contributed by atoms with Crippen molar-refractivity contribution in [3.63, 3.8) is 0 Å². The lowest BCUT2D eigenvalue weighted by molar-refractivity contribution is -0.122. The van der Waals surface area contributed by atoms with E-state index in [-0.39, 0.29) is 23.4 Å². The number of anilines is 1.